The quantitative estimate of drug-likeness (QED) is 0.299. The van der Waals surface area contributed by atoms with E-state index in [1.165, 1.54) is 32.7 Å². The van der Waals surface area contributed by atoms with Crippen LogP contribution in [0.15, 0.2) is 77.5 Å². The number of nitrogens with one attached hydrogen (secondary N) is 2. The number of benzene rings is 3. The molecule has 0 unspecified atom stereocenters. The van der Waals surface area contributed by atoms with Gasteiger partial charge in [-0.2, -0.15) is 0 Å². The van der Waals surface area contributed by atoms with Gasteiger partial charge in [0.05, 0.1) is 11.3 Å². The predicted molar refractivity (Wildman–Crippen MR) is 144 cm³/mol. The van der Waals surface area contributed by atoms with Crippen LogP contribution in [-0.2, 0) is 13.0 Å². The van der Waals surface area contributed by atoms with E-state index in [1.807, 2.05) is 6.20 Å². The van der Waals surface area contributed by atoms with Crippen LogP contribution < -0.4 is 10.6 Å². The Morgan fingerprint density at radius 1 is 0.970 bits per heavy atom. The number of aryl methyl sites for hydroxylation is 2. The Hall–Kier alpha value is -2.69. The predicted octanol–water partition coefficient (Wildman–Crippen LogP) is 7.07. The monoisotopic (exact) mass is 460 g/mol. The van der Waals surface area contributed by atoms with E-state index in [9.17, 15) is 5.11 Å². The van der Waals surface area contributed by atoms with E-state index in [0.29, 0.717) is 6.54 Å². The van der Waals surface area contributed by atoms with Gasteiger partial charge in [-0.1, -0.05) is 43.3 Å². The molecule has 0 aliphatic rings. The van der Waals surface area contributed by atoms with Crippen molar-refractivity contribution in [1.29, 1.82) is 0 Å². The average molecular weight is 461 g/mol. The number of anilines is 1. The average Bonchev–Trinajstić information content (AvgIpc) is 2.79. The van der Waals surface area contributed by atoms with Gasteiger partial charge in [0.15, 0.2) is 0 Å². The zero-order valence-corrected chi connectivity index (χ0v) is 21.4. The summed E-state index contributed by atoms with van der Waals surface area (Å²) >= 11 is 1.75. The van der Waals surface area contributed by atoms with Crippen LogP contribution >= 0.6 is 11.8 Å². The standard InChI is InChI=1S/C29H36N2OS/c1-7-26-20(2)10-8-12-24(26)18-31-28(29(4,5)32)19-30-27-15-14-23(16-21(27)3)22-11-9-13-25(17-22)33-6/h8-17,19,30-32H,7,18H2,1-6H3/b28-19-. The van der Waals surface area contributed by atoms with E-state index >= 15 is 0 Å². The minimum Gasteiger partial charge on any atom is -0.384 e. The first-order chi connectivity index (χ1) is 15.7. The van der Waals surface area contributed by atoms with Crippen LogP contribution in [0.1, 0.15) is 43.0 Å². The minimum absolute atomic E-state index is 0.673. The molecule has 0 atom stereocenters. The van der Waals surface area contributed by atoms with Gasteiger partial charge in [-0.05, 0) is 98.0 Å². The lowest BCUT2D eigenvalue weighted by molar-refractivity contribution is 0.111. The smallest absolute Gasteiger partial charge is 0.0998 e. The third-order valence-electron chi connectivity index (χ3n) is 5.99. The molecular weight excluding hydrogens is 424 g/mol. The summed E-state index contributed by atoms with van der Waals surface area (Å²) in [5, 5.41) is 17.6. The third kappa shape index (κ3) is 6.43. The van der Waals surface area contributed by atoms with Crippen LogP contribution in [-0.4, -0.2) is 17.0 Å². The van der Waals surface area contributed by atoms with Crippen LogP contribution in [0.2, 0.25) is 0 Å². The van der Waals surface area contributed by atoms with Crippen molar-refractivity contribution in [2.45, 2.75) is 58.1 Å². The Morgan fingerprint density at radius 2 is 1.70 bits per heavy atom. The third-order valence-corrected chi connectivity index (χ3v) is 6.72. The van der Waals surface area contributed by atoms with Crippen LogP contribution in [0, 0.1) is 13.8 Å². The highest BCUT2D eigenvalue weighted by molar-refractivity contribution is 7.98. The maximum absolute atomic E-state index is 10.8. The summed E-state index contributed by atoms with van der Waals surface area (Å²) < 4.78 is 0. The zero-order chi connectivity index (χ0) is 24.0. The van der Waals surface area contributed by atoms with Gasteiger partial charge in [-0.3, -0.25) is 0 Å². The SMILES string of the molecule is CCc1c(C)cccc1CN/C(=C\Nc1ccc(-c2cccc(SC)c2)cc1C)C(C)(C)O. The Labute approximate surface area is 203 Å². The minimum atomic E-state index is -0.991. The summed E-state index contributed by atoms with van der Waals surface area (Å²) in [6.07, 6.45) is 4.98. The first-order valence-electron chi connectivity index (χ1n) is 11.5. The number of thioether (sulfide) groups is 1. The molecule has 0 saturated carbocycles. The molecule has 0 amide bonds. The first-order valence-corrected chi connectivity index (χ1v) is 12.7. The molecule has 0 spiro atoms. The zero-order valence-electron chi connectivity index (χ0n) is 20.6. The van der Waals surface area contributed by atoms with Crippen molar-refractivity contribution in [2.75, 3.05) is 11.6 Å². The van der Waals surface area contributed by atoms with Crippen molar-refractivity contribution in [3.63, 3.8) is 0 Å². The number of rotatable bonds is 9. The van der Waals surface area contributed by atoms with E-state index < -0.39 is 5.60 Å². The van der Waals surface area contributed by atoms with Crippen LogP contribution in [0.25, 0.3) is 11.1 Å². The maximum atomic E-state index is 10.8. The Bertz CT molecular complexity index is 1130. The maximum Gasteiger partial charge on any atom is 0.0998 e. The fourth-order valence-corrected chi connectivity index (χ4v) is 4.49. The molecule has 0 radical (unpaired) electrons. The molecular formula is C29H36N2OS. The molecule has 3 rings (SSSR count). The van der Waals surface area contributed by atoms with Crippen LogP contribution in [0.4, 0.5) is 5.69 Å². The highest BCUT2D eigenvalue weighted by atomic mass is 32.2. The molecule has 4 heteroatoms. The molecule has 174 valence electrons. The van der Waals surface area contributed by atoms with Crippen molar-refractivity contribution in [3.05, 3.63) is 94.8 Å². The van der Waals surface area contributed by atoms with Crippen LogP contribution in [0.5, 0.6) is 0 Å². The first kappa shape index (κ1) is 24.9. The van der Waals surface area contributed by atoms with Crippen molar-refractivity contribution in [3.8, 4) is 11.1 Å². The molecule has 0 bridgehead atoms. The Kier molecular flexibility index (Phi) is 8.28. The molecule has 0 aliphatic heterocycles. The molecule has 3 nitrogen and oxygen atoms in total. The van der Waals surface area contributed by atoms with Gasteiger partial charge in [-0.25, -0.2) is 0 Å². The molecule has 0 aromatic heterocycles. The summed E-state index contributed by atoms with van der Waals surface area (Å²) in [6.45, 7) is 10.7. The Morgan fingerprint density at radius 3 is 2.36 bits per heavy atom. The van der Waals surface area contributed by atoms with E-state index in [-0.39, 0.29) is 0 Å². The Balaban J connectivity index is 1.79. The molecule has 3 N–H and O–H groups in total. The molecule has 3 aromatic rings. The van der Waals surface area contributed by atoms with E-state index in [2.05, 4.69) is 98.3 Å². The lowest BCUT2D eigenvalue weighted by Crippen LogP contribution is -2.33. The molecule has 3 aromatic carbocycles. The highest BCUT2D eigenvalue weighted by Crippen LogP contribution is 2.28. The number of hydrogen-bond acceptors (Lipinski definition) is 4. The normalized spacial score (nSPS) is 12.0. The molecule has 0 saturated heterocycles. The lowest BCUT2D eigenvalue weighted by atomic mass is 9.99. The van der Waals surface area contributed by atoms with Gasteiger partial charge < -0.3 is 15.7 Å². The summed E-state index contributed by atoms with van der Waals surface area (Å²) in [4.78, 5) is 1.26. The van der Waals surface area contributed by atoms with E-state index in [4.69, 9.17) is 0 Å². The summed E-state index contributed by atoms with van der Waals surface area (Å²) in [5.74, 6) is 0. The summed E-state index contributed by atoms with van der Waals surface area (Å²) in [5.41, 5.74) is 8.29. The van der Waals surface area contributed by atoms with E-state index in [1.54, 1.807) is 25.6 Å². The second-order valence-corrected chi connectivity index (χ2v) is 9.82. The molecule has 33 heavy (non-hydrogen) atoms. The summed E-state index contributed by atoms with van der Waals surface area (Å²) in [6, 6.07) is 21.4. The van der Waals surface area contributed by atoms with Gasteiger partial charge in [0.25, 0.3) is 0 Å². The largest absolute Gasteiger partial charge is 0.384 e. The van der Waals surface area contributed by atoms with Gasteiger partial charge in [0.1, 0.15) is 0 Å². The summed E-state index contributed by atoms with van der Waals surface area (Å²) in [7, 11) is 0. The molecule has 0 heterocycles. The number of aliphatic hydroxyl groups is 1. The molecule has 0 fully saturated rings. The second-order valence-electron chi connectivity index (χ2n) is 8.94. The van der Waals surface area contributed by atoms with Gasteiger partial charge >= 0.3 is 0 Å². The van der Waals surface area contributed by atoms with Crippen molar-refractivity contribution >= 4 is 17.4 Å². The number of hydrogen-bond donors (Lipinski definition) is 3. The molecule has 0 aliphatic carbocycles. The van der Waals surface area contributed by atoms with Gasteiger partial charge in [0.2, 0.25) is 0 Å². The van der Waals surface area contributed by atoms with E-state index in [0.717, 1.165) is 23.4 Å². The topological polar surface area (TPSA) is 44.3 Å². The fraction of sp³-hybridized carbons (Fsp3) is 0.310. The van der Waals surface area contributed by atoms with Crippen molar-refractivity contribution in [2.24, 2.45) is 0 Å². The second kappa shape index (κ2) is 11.0. The fourth-order valence-electron chi connectivity index (χ4n) is 4.03. The van der Waals surface area contributed by atoms with Crippen molar-refractivity contribution < 1.29 is 5.11 Å². The lowest BCUT2D eigenvalue weighted by Gasteiger charge is -2.24. The van der Waals surface area contributed by atoms with Crippen LogP contribution in [0.3, 0.4) is 0 Å². The van der Waals surface area contributed by atoms with Gasteiger partial charge in [-0.15, -0.1) is 11.8 Å². The highest BCUT2D eigenvalue weighted by Gasteiger charge is 2.20. The van der Waals surface area contributed by atoms with Gasteiger partial charge in [0, 0.05) is 23.3 Å². The van der Waals surface area contributed by atoms with Crippen molar-refractivity contribution in [1.82, 2.24) is 5.32 Å².